The quantitative estimate of drug-likeness (QED) is 0.701. The minimum absolute atomic E-state index is 0.0244. The van der Waals surface area contributed by atoms with E-state index in [2.05, 4.69) is 24.5 Å². The van der Waals surface area contributed by atoms with Gasteiger partial charge in [-0.2, -0.15) is 0 Å². The van der Waals surface area contributed by atoms with Gasteiger partial charge in [0.2, 0.25) is 5.91 Å². The van der Waals surface area contributed by atoms with Crippen LogP contribution in [0.5, 0.6) is 0 Å². The number of hydrogen-bond acceptors (Lipinski definition) is 5. The molecule has 1 aliphatic heterocycles. The van der Waals surface area contributed by atoms with Gasteiger partial charge in [-0.25, -0.2) is 4.79 Å². The fourth-order valence-electron chi connectivity index (χ4n) is 3.92. The van der Waals surface area contributed by atoms with Crippen LogP contribution in [-0.2, 0) is 19.1 Å². The van der Waals surface area contributed by atoms with E-state index < -0.39 is 30.4 Å². The van der Waals surface area contributed by atoms with E-state index in [1.807, 2.05) is 4.90 Å². The van der Waals surface area contributed by atoms with E-state index in [0.717, 1.165) is 12.8 Å². The lowest BCUT2D eigenvalue weighted by Gasteiger charge is -2.39. The Hall–Kier alpha value is -2.12. The van der Waals surface area contributed by atoms with Crippen LogP contribution in [-0.4, -0.2) is 54.0 Å². The number of carbonyl (C=O) groups is 4. The first-order valence-electron chi connectivity index (χ1n) is 9.75. The van der Waals surface area contributed by atoms with E-state index in [4.69, 9.17) is 4.74 Å². The van der Waals surface area contributed by atoms with Crippen LogP contribution < -0.4 is 10.6 Å². The molecule has 0 bridgehead atoms. The maximum absolute atomic E-state index is 12.4. The summed E-state index contributed by atoms with van der Waals surface area (Å²) in [6, 6.07) is -0.573. The lowest BCUT2D eigenvalue weighted by molar-refractivity contribution is -0.152. The molecule has 27 heavy (non-hydrogen) atoms. The van der Waals surface area contributed by atoms with E-state index in [9.17, 15) is 19.2 Å². The van der Waals surface area contributed by atoms with Crippen LogP contribution in [0.2, 0.25) is 0 Å². The molecule has 2 aliphatic rings. The van der Waals surface area contributed by atoms with Crippen LogP contribution in [0.3, 0.4) is 0 Å². The smallest absolute Gasteiger partial charge is 0.321 e. The monoisotopic (exact) mass is 381 g/mol. The Morgan fingerprint density at radius 3 is 2.59 bits per heavy atom. The molecule has 4 atom stereocenters. The minimum atomic E-state index is -0.697. The van der Waals surface area contributed by atoms with Crippen molar-refractivity contribution < 1.29 is 23.9 Å². The number of amides is 4. The number of carbonyl (C=O) groups excluding carboxylic acids is 4. The molecule has 2 fully saturated rings. The van der Waals surface area contributed by atoms with Crippen LogP contribution >= 0.6 is 0 Å². The van der Waals surface area contributed by atoms with E-state index in [-0.39, 0.29) is 24.4 Å². The molecule has 0 aromatic carbocycles. The molecular weight excluding hydrogens is 350 g/mol. The third-order valence-corrected chi connectivity index (χ3v) is 5.57. The zero-order valence-electron chi connectivity index (χ0n) is 16.6. The number of hydrogen-bond donors (Lipinski definition) is 2. The van der Waals surface area contributed by atoms with Crippen molar-refractivity contribution >= 4 is 23.8 Å². The molecule has 2 N–H and O–H groups in total. The van der Waals surface area contributed by atoms with Crippen LogP contribution in [0.15, 0.2) is 0 Å². The first-order valence-corrected chi connectivity index (χ1v) is 9.75. The number of nitrogens with zero attached hydrogens (tertiary/aromatic N) is 1. The van der Waals surface area contributed by atoms with E-state index in [1.54, 1.807) is 13.8 Å². The van der Waals surface area contributed by atoms with Gasteiger partial charge in [-0.3, -0.25) is 19.7 Å². The lowest BCUT2D eigenvalue weighted by atomic mass is 9.77. The van der Waals surface area contributed by atoms with E-state index in [0.29, 0.717) is 18.4 Å². The Bertz CT molecular complexity index is 592. The van der Waals surface area contributed by atoms with Crippen molar-refractivity contribution in [3.63, 3.8) is 0 Å². The largest absolute Gasteiger partial charge is 0.455 e. The predicted molar refractivity (Wildman–Crippen MR) is 98.6 cm³/mol. The second-order valence-electron chi connectivity index (χ2n) is 8.07. The second-order valence-corrected chi connectivity index (χ2v) is 8.07. The van der Waals surface area contributed by atoms with Gasteiger partial charge in [0.25, 0.3) is 5.91 Å². The van der Waals surface area contributed by atoms with Crippen LogP contribution in [0.4, 0.5) is 4.79 Å². The SMILES string of the molecule is CC(C)NC(=O)NC(=O)COC(=O)[C@@H]1CC(=O)N([C@@H]2CCC[C@H](C)[C@H]2C)C1. The van der Waals surface area contributed by atoms with Gasteiger partial charge in [-0.15, -0.1) is 0 Å². The highest BCUT2D eigenvalue weighted by molar-refractivity contribution is 5.96. The Labute approximate surface area is 160 Å². The summed E-state index contributed by atoms with van der Waals surface area (Å²) in [6.45, 7) is 7.71. The molecule has 4 amide bonds. The summed E-state index contributed by atoms with van der Waals surface area (Å²) in [6.07, 6.45) is 3.34. The maximum atomic E-state index is 12.4. The van der Waals surface area contributed by atoms with Crippen molar-refractivity contribution in [2.45, 2.75) is 65.5 Å². The first kappa shape index (κ1) is 21.2. The van der Waals surface area contributed by atoms with Crippen LogP contribution in [0.25, 0.3) is 0 Å². The Morgan fingerprint density at radius 2 is 1.93 bits per heavy atom. The third-order valence-electron chi connectivity index (χ3n) is 5.57. The lowest BCUT2D eigenvalue weighted by Crippen LogP contribution is -2.45. The van der Waals surface area contributed by atoms with Gasteiger partial charge in [-0.05, 0) is 32.1 Å². The van der Waals surface area contributed by atoms with Gasteiger partial charge in [0.05, 0.1) is 5.92 Å². The molecule has 1 saturated carbocycles. The van der Waals surface area contributed by atoms with Crippen molar-refractivity contribution in [2.75, 3.05) is 13.2 Å². The minimum Gasteiger partial charge on any atom is -0.455 e. The molecule has 0 aromatic rings. The standard InChI is InChI=1S/C19H31N3O5/c1-11(2)20-19(26)21-16(23)10-27-18(25)14-8-17(24)22(9-14)15-7-5-6-12(3)13(15)4/h11-15H,5-10H2,1-4H3,(H2,20,21,23,26)/t12-,13+,14+,15+/m0/s1. The van der Waals surface area contributed by atoms with Gasteiger partial charge >= 0.3 is 12.0 Å². The molecule has 0 radical (unpaired) electrons. The molecular formula is C19H31N3O5. The summed E-state index contributed by atoms with van der Waals surface area (Å²) >= 11 is 0. The molecule has 1 heterocycles. The Morgan fingerprint density at radius 1 is 1.22 bits per heavy atom. The molecule has 2 rings (SSSR count). The fourth-order valence-corrected chi connectivity index (χ4v) is 3.92. The van der Waals surface area contributed by atoms with E-state index >= 15 is 0 Å². The van der Waals surface area contributed by atoms with E-state index in [1.165, 1.54) is 6.42 Å². The normalized spacial score (nSPS) is 28.2. The second kappa shape index (κ2) is 9.19. The molecule has 8 nitrogen and oxygen atoms in total. The van der Waals surface area contributed by atoms with Crippen molar-refractivity contribution in [3.8, 4) is 0 Å². The average Bonchev–Trinajstić information content (AvgIpc) is 2.96. The first-order chi connectivity index (χ1) is 12.7. The van der Waals surface area contributed by atoms with Gasteiger partial charge in [0, 0.05) is 25.0 Å². The molecule has 0 unspecified atom stereocenters. The molecule has 0 spiro atoms. The zero-order chi connectivity index (χ0) is 20.1. The molecule has 0 aromatic heterocycles. The fraction of sp³-hybridized carbons (Fsp3) is 0.789. The highest BCUT2D eigenvalue weighted by Gasteiger charge is 2.42. The maximum Gasteiger partial charge on any atom is 0.321 e. The Kier molecular flexibility index (Phi) is 7.21. The summed E-state index contributed by atoms with van der Waals surface area (Å²) in [5, 5.41) is 4.60. The summed E-state index contributed by atoms with van der Waals surface area (Å²) in [7, 11) is 0. The van der Waals surface area contributed by atoms with Crippen molar-refractivity contribution in [3.05, 3.63) is 0 Å². The van der Waals surface area contributed by atoms with Crippen LogP contribution in [0, 0.1) is 17.8 Å². The third kappa shape index (κ3) is 5.68. The zero-order valence-corrected chi connectivity index (χ0v) is 16.6. The van der Waals surface area contributed by atoms with Crippen molar-refractivity contribution in [2.24, 2.45) is 17.8 Å². The number of rotatable bonds is 5. The summed E-state index contributed by atoms with van der Waals surface area (Å²) < 4.78 is 5.02. The molecule has 8 heteroatoms. The number of ether oxygens (including phenoxy) is 1. The van der Waals surface area contributed by atoms with Gasteiger partial charge in [0.1, 0.15) is 0 Å². The molecule has 1 saturated heterocycles. The summed E-state index contributed by atoms with van der Waals surface area (Å²) in [5.74, 6) is -0.881. The predicted octanol–water partition coefficient (Wildman–Crippen LogP) is 1.44. The van der Waals surface area contributed by atoms with Gasteiger partial charge < -0.3 is 15.0 Å². The number of urea groups is 1. The Balaban J connectivity index is 1.81. The summed E-state index contributed by atoms with van der Waals surface area (Å²) in [5.41, 5.74) is 0. The summed E-state index contributed by atoms with van der Waals surface area (Å²) in [4.78, 5) is 49.6. The van der Waals surface area contributed by atoms with Gasteiger partial charge in [-0.1, -0.05) is 26.7 Å². The molecule has 152 valence electrons. The van der Waals surface area contributed by atoms with Crippen LogP contribution in [0.1, 0.15) is 53.4 Å². The van der Waals surface area contributed by atoms with Gasteiger partial charge in [0.15, 0.2) is 6.61 Å². The highest BCUT2D eigenvalue weighted by atomic mass is 16.5. The average molecular weight is 381 g/mol. The topological polar surface area (TPSA) is 105 Å². The number of nitrogens with one attached hydrogen (secondary N) is 2. The number of likely N-dealkylation sites (tertiary alicyclic amines) is 1. The number of imide groups is 1. The van der Waals surface area contributed by atoms with Crippen molar-refractivity contribution in [1.82, 2.24) is 15.5 Å². The van der Waals surface area contributed by atoms with Crippen molar-refractivity contribution in [1.29, 1.82) is 0 Å². The molecule has 1 aliphatic carbocycles. The highest BCUT2D eigenvalue weighted by Crippen LogP contribution is 2.35. The number of esters is 1.